The number of ether oxygens (including phenoxy) is 1. The van der Waals surface area contributed by atoms with Crippen LogP contribution in [0.5, 0.6) is 0 Å². The molecule has 3 rings (SSSR count). The molecule has 0 bridgehead atoms. The van der Waals surface area contributed by atoms with Gasteiger partial charge >= 0.3 is 0 Å². The number of rotatable bonds is 14. The first kappa shape index (κ1) is 32.8. The van der Waals surface area contributed by atoms with Crippen molar-refractivity contribution < 1.29 is 27.3 Å². The standard InChI is InChI=1S/C31H42N4O6S/c1-8-9-14-28(36)35(29(20(2)3)30(37)32-6)18-23-15-16-25(24(17-23)19-40-7)26-12-10-11-13-27(26)42(38,39)34-31-21(4)22(5)33-41-31/h10-13,15-17,20,29,34H,8-9,14,18-19H2,1-7H3,(H,32,37)/t29-/m0/s1. The van der Waals surface area contributed by atoms with Gasteiger partial charge in [0.2, 0.25) is 17.7 Å². The Morgan fingerprint density at radius 3 is 2.40 bits per heavy atom. The predicted molar refractivity (Wildman–Crippen MR) is 162 cm³/mol. The van der Waals surface area contributed by atoms with Crippen molar-refractivity contribution in [1.29, 1.82) is 0 Å². The van der Waals surface area contributed by atoms with Crippen LogP contribution in [0.1, 0.15) is 62.4 Å². The minimum Gasteiger partial charge on any atom is -0.380 e. The second kappa shape index (κ2) is 14.5. The fourth-order valence-electron chi connectivity index (χ4n) is 4.86. The van der Waals surface area contributed by atoms with Gasteiger partial charge in [-0.15, -0.1) is 0 Å². The fourth-order valence-corrected chi connectivity index (χ4v) is 6.13. The van der Waals surface area contributed by atoms with Gasteiger partial charge in [-0.2, -0.15) is 0 Å². The van der Waals surface area contributed by atoms with Crippen molar-refractivity contribution in [3.8, 4) is 11.1 Å². The number of aromatic nitrogens is 1. The van der Waals surface area contributed by atoms with E-state index in [1.165, 1.54) is 6.07 Å². The van der Waals surface area contributed by atoms with Crippen LogP contribution in [0.15, 0.2) is 51.9 Å². The molecule has 1 atom stereocenters. The lowest BCUT2D eigenvalue weighted by Gasteiger charge is -2.33. The van der Waals surface area contributed by atoms with Crippen molar-refractivity contribution in [2.45, 2.75) is 78.0 Å². The number of nitrogens with zero attached hydrogens (tertiary/aromatic N) is 2. The smallest absolute Gasteiger partial charge is 0.264 e. The highest BCUT2D eigenvalue weighted by Gasteiger charge is 2.32. The summed E-state index contributed by atoms with van der Waals surface area (Å²) in [4.78, 5) is 27.9. The topological polar surface area (TPSA) is 131 Å². The zero-order valence-electron chi connectivity index (χ0n) is 25.5. The summed E-state index contributed by atoms with van der Waals surface area (Å²) in [5.41, 5.74) is 3.90. The Bertz CT molecular complexity index is 1500. The number of methoxy groups -OCH3 is 1. The number of benzene rings is 2. The van der Waals surface area contributed by atoms with Gasteiger partial charge in [-0.25, -0.2) is 13.1 Å². The van der Waals surface area contributed by atoms with E-state index < -0.39 is 16.1 Å². The lowest BCUT2D eigenvalue weighted by atomic mass is 9.96. The van der Waals surface area contributed by atoms with Crippen LogP contribution in [-0.4, -0.2) is 50.5 Å². The second-order valence-corrected chi connectivity index (χ2v) is 12.3. The number of hydrogen-bond acceptors (Lipinski definition) is 7. The Hall–Kier alpha value is -3.70. The number of sulfonamides is 1. The van der Waals surface area contributed by atoms with Crippen molar-refractivity contribution in [1.82, 2.24) is 15.4 Å². The highest BCUT2D eigenvalue weighted by Crippen LogP contribution is 2.33. The summed E-state index contributed by atoms with van der Waals surface area (Å²) in [7, 11) is -0.899. The highest BCUT2D eigenvalue weighted by molar-refractivity contribution is 7.92. The monoisotopic (exact) mass is 598 g/mol. The molecule has 0 saturated carbocycles. The number of nitrogens with one attached hydrogen (secondary N) is 2. The second-order valence-electron chi connectivity index (χ2n) is 10.7. The van der Waals surface area contributed by atoms with E-state index in [1.807, 2.05) is 39.0 Å². The van der Waals surface area contributed by atoms with Gasteiger partial charge in [0.05, 0.1) is 17.2 Å². The zero-order valence-corrected chi connectivity index (χ0v) is 26.3. The number of hydrogen-bond donors (Lipinski definition) is 2. The molecule has 2 aromatic carbocycles. The quantitative estimate of drug-likeness (QED) is 0.261. The summed E-state index contributed by atoms with van der Waals surface area (Å²) in [6.07, 6.45) is 1.95. The van der Waals surface area contributed by atoms with E-state index >= 15 is 0 Å². The lowest BCUT2D eigenvalue weighted by Crippen LogP contribution is -2.51. The molecule has 2 amide bonds. The van der Waals surface area contributed by atoms with Gasteiger partial charge in [-0.05, 0) is 48.9 Å². The summed E-state index contributed by atoms with van der Waals surface area (Å²) in [5, 5.41) is 6.55. The maximum absolute atomic E-state index is 13.5. The van der Waals surface area contributed by atoms with Crippen LogP contribution < -0.4 is 10.0 Å². The van der Waals surface area contributed by atoms with E-state index in [1.54, 1.807) is 51.1 Å². The van der Waals surface area contributed by atoms with E-state index in [-0.39, 0.29) is 41.7 Å². The molecule has 228 valence electrons. The molecule has 0 aliphatic rings. The Kier molecular flexibility index (Phi) is 11.3. The van der Waals surface area contributed by atoms with Crippen molar-refractivity contribution in [3.63, 3.8) is 0 Å². The molecule has 0 radical (unpaired) electrons. The Labute approximate surface area is 248 Å². The first-order valence-electron chi connectivity index (χ1n) is 14.1. The molecular weight excluding hydrogens is 556 g/mol. The predicted octanol–water partition coefficient (Wildman–Crippen LogP) is 5.20. The van der Waals surface area contributed by atoms with Crippen LogP contribution >= 0.6 is 0 Å². The molecule has 0 aliphatic carbocycles. The van der Waals surface area contributed by atoms with Gasteiger partial charge in [0.25, 0.3) is 10.0 Å². The van der Waals surface area contributed by atoms with Crippen molar-refractivity contribution in [2.24, 2.45) is 5.92 Å². The third-order valence-electron chi connectivity index (χ3n) is 7.22. The van der Waals surface area contributed by atoms with Crippen molar-refractivity contribution in [2.75, 3.05) is 18.9 Å². The Balaban J connectivity index is 2.05. The van der Waals surface area contributed by atoms with Gasteiger partial charge in [-0.3, -0.25) is 9.59 Å². The lowest BCUT2D eigenvalue weighted by molar-refractivity contribution is -0.142. The molecule has 0 unspecified atom stereocenters. The van der Waals surface area contributed by atoms with Crippen LogP contribution in [0.4, 0.5) is 5.88 Å². The van der Waals surface area contributed by atoms with Crippen LogP contribution in [0.3, 0.4) is 0 Å². The molecule has 3 aromatic rings. The van der Waals surface area contributed by atoms with Gasteiger partial charge in [0.15, 0.2) is 0 Å². The van der Waals surface area contributed by atoms with Crippen LogP contribution in [0.2, 0.25) is 0 Å². The molecule has 0 saturated heterocycles. The number of likely N-dealkylation sites (N-methyl/N-ethyl adjacent to an activating group) is 1. The molecule has 1 heterocycles. The number of anilines is 1. The molecule has 0 aliphatic heterocycles. The maximum atomic E-state index is 13.5. The minimum atomic E-state index is -4.04. The summed E-state index contributed by atoms with van der Waals surface area (Å²) in [6.45, 7) is 9.76. The summed E-state index contributed by atoms with van der Waals surface area (Å²) >= 11 is 0. The SMILES string of the molecule is CCCCC(=O)N(Cc1ccc(-c2ccccc2S(=O)(=O)Nc2onc(C)c2C)c(COC)c1)[C@H](C(=O)NC)C(C)C. The highest BCUT2D eigenvalue weighted by atomic mass is 32.2. The van der Waals surface area contributed by atoms with Crippen LogP contribution in [0.25, 0.3) is 11.1 Å². The van der Waals surface area contributed by atoms with Gasteiger partial charge in [0.1, 0.15) is 6.04 Å². The summed E-state index contributed by atoms with van der Waals surface area (Å²) < 4.78 is 40.3. The third-order valence-corrected chi connectivity index (χ3v) is 8.61. The van der Waals surface area contributed by atoms with Gasteiger partial charge in [-0.1, -0.05) is 68.7 Å². The normalized spacial score (nSPS) is 12.3. The zero-order chi connectivity index (χ0) is 31.0. The molecule has 0 fully saturated rings. The molecule has 1 aromatic heterocycles. The van der Waals surface area contributed by atoms with E-state index in [4.69, 9.17) is 9.26 Å². The Morgan fingerprint density at radius 1 is 1.10 bits per heavy atom. The average Bonchev–Trinajstić information content (AvgIpc) is 3.27. The van der Waals surface area contributed by atoms with E-state index in [9.17, 15) is 18.0 Å². The van der Waals surface area contributed by atoms with E-state index in [0.717, 1.165) is 24.0 Å². The first-order chi connectivity index (χ1) is 19.9. The van der Waals surface area contributed by atoms with Crippen molar-refractivity contribution in [3.05, 3.63) is 64.8 Å². The number of aryl methyl sites for hydroxylation is 1. The largest absolute Gasteiger partial charge is 0.380 e. The average molecular weight is 599 g/mol. The number of carbonyl (C=O) groups excluding carboxylic acids is 2. The van der Waals surface area contributed by atoms with Gasteiger partial charge < -0.3 is 19.5 Å². The molecule has 11 heteroatoms. The van der Waals surface area contributed by atoms with Crippen LogP contribution in [0, 0.1) is 19.8 Å². The van der Waals surface area contributed by atoms with E-state index in [0.29, 0.717) is 28.8 Å². The number of unbranched alkanes of at least 4 members (excludes halogenated alkanes) is 1. The molecular formula is C31H42N4O6S. The minimum absolute atomic E-state index is 0.0680. The van der Waals surface area contributed by atoms with Gasteiger partial charge in [0, 0.05) is 38.2 Å². The van der Waals surface area contributed by atoms with E-state index in [2.05, 4.69) is 15.2 Å². The number of carbonyl (C=O) groups is 2. The maximum Gasteiger partial charge on any atom is 0.264 e. The first-order valence-corrected chi connectivity index (χ1v) is 15.6. The third kappa shape index (κ3) is 7.57. The fraction of sp³-hybridized carbons (Fsp3) is 0.452. The summed E-state index contributed by atoms with van der Waals surface area (Å²) in [5.74, 6) is -0.336. The van der Waals surface area contributed by atoms with Crippen LogP contribution in [-0.2, 0) is 37.5 Å². The molecule has 0 spiro atoms. The molecule has 10 nitrogen and oxygen atoms in total. The molecule has 2 N–H and O–H groups in total. The number of amides is 2. The summed E-state index contributed by atoms with van der Waals surface area (Å²) in [6, 6.07) is 11.7. The van der Waals surface area contributed by atoms with Crippen molar-refractivity contribution >= 4 is 27.7 Å². The Morgan fingerprint density at radius 2 is 1.81 bits per heavy atom. The molecule has 42 heavy (non-hydrogen) atoms.